The summed E-state index contributed by atoms with van der Waals surface area (Å²) in [6.07, 6.45) is 2.97. The maximum Gasteiger partial charge on any atom is 0.177 e. The molecule has 1 aromatic heterocycles. The zero-order chi connectivity index (χ0) is 11.5. The molecule has 0 bridgehead atoms. The number of nitrogens with one attached hydrogen (secondary N) is 1. The molecule has 0 amide bonds. The van der Waals surface area contributed by atoms with E-state index < -0.39 is 0 Å². The Morgan fingerprint density at radius 3 is 2.81 bits per heavy atom. The van der Waals surface area contributed by atoms with Crippen LogP contribution in [-0.2, 0) is 13.0 Å². The van der Waals surface area contributed by atoms with Crippen molar-refractivity contribution in [3.63, 3.8) is 0 Å². The Labute approximate surface area is 108 Å². The second-order valence-electron chi connectivity index (χ2n) is 3.62. The summed E-state index contributed by atoms with van der Waals surface area (Å²) in [6, 6.07) is 8.22. The fraction of sp³-hybridized carbons (Fsp3) is 0.250. The van der Waals surface area contributed by atoms with Gasteiger partial charge < -0.3 is 9.55 Å². The Morgan fingerprint density at radius 1 is 1.38 bits per heavy atom. The van der Waals surface area contributed by atoms with Crippen molar-refractivity contribution in [1.29, 1.82) is 0 Å². The van der Waals surface area contributed by atoms with E-state index in [-0.39, 0.29) is 0 Å². The molecule has 0 spiro atoms. The molecule has 1 N–H and O–H groups in total. The first-order chi connectivity index (χ1) is 7.72. The molecule has 0 aliphatic rings. The maximum atomic E-state index is 5.27. The van der Waals surface area contributed by atoms with Gasteiger partial charge in [0.25, 0.3) is 0 Å². The lowest BCUT2D eigenvalue weighted by atomic mass is 10.2. The van der Waals surface area contributed by atoms with Crippen LogP contribution in [0.2, 0.25) is 0 Å². The molecule has 0 fully saturated rings. The van der Waals surface area contributed by atoms with E-state index in [0.29, 0.717) is 0 Å². The highest BCUT2D eigenvalue weighted by Crippen LogP contribution is 2.18. The number of imidazole rings is 1. The molecule has 0 saturated heterocycles. The summed E-state index contributed by atoms with van der Waals surface area (Å²) in [5.41, 5.74) is 2.48. The summed E-state index contributed by atoms with van der Waals surface area (Å²) in [6.45, 7) is 2.95. The Balaban J connectivity index is 2.37. The highest BCUT2D eigenvalue weighted by Gasteiger charge is 2.04. The molecule has 1 aromatic carbocycles. The number of nitrogens with zero attached hydrogens (tertiary/aromatic N) is 1. The Morgan fingerprint density at radius 2 is 2.12 bits per heavy atom. The van der Waals surface area contributed by atoms with E-state index in [1.165, 1.54) is 11.3 Å². The van der Waals surface area contributed by atoms with Crippen LogP contribution in [0.4, 0.5) is 0 Å². The number of halogens is 1. The van der Waals surface area contributed by atoms with Crippen molar-refractivity contribution >= 4 is 28.1 Å². The van der Waals surface area contributed by atoms with Crippen LogP contribution < -0.4 is 0 Å². The van der Waals surface area contributed by atoms with Crippen molar-refractivity contribution in [3.8, 4) is 0 Å². The minimum absolute atomic E-state index is 0.785. The molecule has 1 heterocycles. The van der Waals surface area contributed by atoms with Crippen molar-refractivity contribution < 1.29 is 0 Å². The first-order valence-electron chi connectivity index (χ1n) is 5.23. The summed E-state index contributed by atoms with van der Waals surface area (Å²) in [5, 5.41) is 0. The van der Waals surface area contributed by atoms with Gasteiger partial charge in [-0.2, -0.15) is 0 Å². The van der Waals surface area contributed by atoms with Gasteiger partial charge in [-0.3, -0.25) is 0 Å². The van der Waals surface area contributed by atoms with E-state index in [2.05, 4.69) is 44.5 Å². The van der Waals surface area contributed by atoms with Gasteiger partial charge in [-0.1, -0.05) is 41.1 Å². The van der Waals surface area contributed by atoms with Crippen LogP contribution in [0, 0.1) is 4.77 Å². The predicted molar refractivity (Wildman–Crippen MR) is 72.2 cm³/mol. The molecule has 84 valence electrons. The largest absolute Gasteiger partial charge is 0.337 e. The molecule has 0 saturated carbocycles. The van der Waals surface area contributed by atoms with Crippen LogP contribution in [0.15, 0.2) is 34.9 Å². The smallest absolute Gasteiger partial charge is 0.177 e. The van der Waals surface area contributed by atoms with Gasteiger partial charge in [0.15, 0.2) is 4.77 Å². The first-order valence-corrected chi connectivity index (χ1v) is 6.43. The van der Waals surface area contributed by atoms with Gasteiger partial charge in [0.2, 0.25) is 0 Å². The van der Waals surface area contributed by atoms with Crippen molar-refractivity contribution in [2.24, 2.45) is 0 Å². The number of hydrogen-bond donors (Lipinski definition) is 1. The third kappa shape index (κ3) is 2.28. The summed E-state index contributed by atoms with van der Waals surface area (Å²) < 4.78 is 4.04. The van der Waals surface area contributed by atoms with Crippen LogP contribution in [-0.4, -0.2) is 9.55 Å². The molecule has 0 atom stereocenters. The predicted octanol–water partition coefficient (Wildman–Crippen LogP) is 3.92. The zero-order valence-corrected chi connectivity index (χ0v) is 11.4. The van der Waals surface area contributed by atoms with Gasteiger partial charge in [0.05, 0.1) is 6.54 Å². The molecule has 2 nitrogen and oxygen atoms in total. The quantitative estimate of drug-likeness (QED) is 0.852. The Kier molecular flexibility index (Phi) is 3.61. The molecule has 0 aliphatic heterocycles. The van der Waals surface area contributed by atoms with Crippen LogP contribution in [0.1, 0.15) is 18.2 Å². The van der Waals surface area contributed by atoms with Gasteiger partial charge >= 0.3 is 0 Å². The van der Waals surface area contributed by atoms with Gasteiger partial charge in [-0.25, -0.2) is 0 Å². The lowest BCUT2D eigenvalue weighted by Gasteiger charge is -2.08. The third-order valence-electron chi connectivity index (χ3n) is 2.60. The minimum Gasteiger partial charge on any atom is -0.337 e. The number of H-pyrrole nitrogens is 1. The van der Waals surface area contributed by atoms with Crippen LogP contribution in [0.5, 0.6) is 0 Å². The summed E-state index contributed by atoms with van der Waals surface area (Å²) in [5.74, 6) is 0. The highest BCUT2D eigenvalue weighted by atomic mass is 79.9. The number of aromatic amines is 1. The van der Waals surface area contributed by atoms with Crippen LogP contribution >= 0.6 is 28.1 Å². The van der Waals surface area contributed by atoms with Crippen LogP contribution in [0.3, 0.4) is 0 Å². The van der Waals surface area contributed by atoms with Crippen LogP contribution in [0.25, 0.3) is 0 Å². The van der Waals surface area contributed by atoms with E-state index in [1.54, 1.807) is 0 Å². The van der Waals surface area contributed by atoms with Gasteiger partial charge in [-0.15, -0.1) is 0 Å². The molecular formula is C12H13BrN2S. The molecule has 16 heavy (non-hydrogen) atoms. The number of benzene rings is 1. The number of aryl methyl sites for hydroxylation is 1. The first kappa shape index (κ1) is 11.6. The topological polar surface area (TPSA) is 20.7 Å². The molecule has 4 heteroatoms. The minimum atomic E-state index is 0.785. The molecule has 0 radical (unpaired) electrons. The zero-order valence-electron chi connectivity index (χ0n) is 9.03. The summed E-state index contributed by atoms with van der Waals surface area (Å²) >= 11 is 8.83. The Bertz CT molecular complexity index is 542. The van der Waals surface area contributed by atoms with Crippen molar-refractivity contribution in [1.82, 2.24) is 9.55 Å². The van der Waals surface area contributed by atoms with Gasteiger partial charge in [-0.05, 0) is 30.3 Å². The summed E-state index contributed by atoms with van der Waals surface area (Å²) in [7, 11) is 0. The van der Waals surface area contributed by atoms with Gasteiger partial charge in [0, 0.05) is 16.4 Å². The fourth-order valence-corrected chi connectivity index (χ4v) is 2.35. The second-order valence-corrected chi connectivity index (χ2v) is 4.86. The van der Waals surface area contributed by atoms with Crippen molar-refractivity contribution in [2.45, 2.75) is 19.9 Å². The molecule has 2 aromatic rings. The maximum absolute atomic E-state index is 5.27. The monoisotopic (exact) mass is 296 g/mol. The van der Waals surface area contributed by atoms with Gasteiger partial charge in [0.1, 0.15) is 0 Å². The van der Waals surface area contributed by atoms with E-state index in [9.17, 15) is 0 Å². The second kappa shape index (κ2) is 4.97. The molecule has 0 aliphatic carbocycles. The molecular weight excluding hydrogens is 284 g/mol. The van der Waals surface area contributed by atoms with E-state index in [0.717, 1.165) is 22.2 Å². The normalized spacial score (nSPS) is 10.6. The highest BCUT2D eigenvalue weighted by molar-refractivity contribution is 9.10. The summed E-state index contributed by atoms with van der Waals surface area (Å²) in [4.78, 5) is 3.09. The molecule has 0 unspecified atom stereocenters. The third-order valence-corrected chi connectivity index (χ3v) is 3.71. The lowest BCUT2D eigenvalue weighted by Crippen LogP contribution is -2.04. The number of aromatic nitrogens is 2. The Hall–Kier alpha value is -0.870. The number of rotatable bonds is 3. The van der Waals surface area contributed by atoms with E-state index in [4.69, 9.17) is 12.2 Å². The average molecular weight is 297 g/mol. The SMILES string of the molecule is CCc1c[nH]c(=S)n1Cc1ccccc1Br. The van der Waals surface area contributed by atoms with Crippen molar-refractivity contribution in [3.05, 3.63) is 51.0 Å². The standard InChI is InChI=1S/C12H13BrN2S/c1-2-10-7-14-12(16)15(10)8-9-5-3-4-6-11(9)13/h3-7H,2,8H2,1H3,(H,14,16). The van der Waals surface area contributed by atoms with E-state index in [1.807, 2.05) is 18.3 Å². The van der Waals surface area contributed by atoms with E-state index >= 15 is 0 Å². The van der Waals surface area contributed by atoms with Crippen molar-refractivity contribution in [2.75, 3.05) is 0 Å². The number of hydrogen-bond acceptors (Lipinski definition) is 1. The fourth-order valence-electron chi connectivity index (χ4n) is 1.69. The average Bonchev–Trinajstić information content (AvgIpc) is 2.63. The lowest BCUT2D eigenvalue weighted by molar-refractivity contribution is 0.734. The molecule has 2 rings (SSSR count).